The molecule has 0 saturated heterocycles. The maximum absolute atomic E-state index is 5.74. The molecular formula is C16H20N4. The molecule has 4 heteroatoms. The number of hydrogen-bond acceptors (Lipinski definition) is 4. The van der Waals surface area contributed by atoms with Gasteiger partial charge in [0.1, 0.15) is 6.33 Å². The van der Waals surface area contributed by atoms with Gasteiger partial charge in [-0.3, -0.25) is 11.3 Å². The van der Waals surface area contributed by atoms with Crippen LogP contribution in [0.5, 0.6) is 0 Å². The summed E-state index contributed by atoms with van der Waals surface area (Å²) in [4.78, 5) is 8.17. The number of aromatic nitrogens is 2. The first-order chi connectivity index (χ1) is 9.88. The monoisotopic (exact) mass is 268 g/mol. The van der Waals surface area contributed by atoms with Crippen molar-refractivity contribution in [3.63, 3.8) is 0 Å². The maximum Gasteiger partial charge on any atom is 0.115 e. The van der Waals surface area contributed by atoms with Crippen LogP contribution >= 0.6 is 0 Å². The molecule has 0 fully saturated rings. The van der Waals surface area contributed by atoms with E-state index in [1.54, 1.807) is 6.33 Å². The number of rotatable bonds is 4. The summed E-state index contributed by atoms with van der Waals surface area (Å²) in [5.74, 6) is 6.29. The van der Waals surface area contributed by atoms with E-state index in [2.05, 4.69) is 39.7 Å². The molecule has 0 saturated carbocycles. The molecule has 0 amide bonds. The van der Waals surface area contributed by atoms with Crippen molar-refractivity contribution in [3.05, 3.63) is 59.7 Å². The minimum absolute atomic E-state index is 0.104. The Hall–Kier alpha value is -1.78. The summed E-state index contributed by atoms with van der Waals surface area (Å²) in [7, 11) is 0. The highest BCUT2D eigenvalue weighted by atomic mass is 15.2. The molecule has 20 heavy (non-hydrogen) atoms. The predicted octanol–water partition coefficient (Wildman–Crippen LogP) is 2.49. The van der Waals surface area contributed by atoms with E-state index < -0.39 is 0 Å². The van der Waals surface area contributed by atoms with Crippen molar-refractivity contribution in [2.45, 2.75) is 37.6 Å². The van der Waals surface area contributed by atoms with Gasteiger partial charge in [0.15, 0.2) is 0 Å². The molecule has 1 aliphatic rings. The average Bonchev–Trinajstić information content (AvgIpc) is 2.53. The number of nitrogens with zero attached hydrogens (tertiary/aromatic N) is 2. The molecule has 1 aromatic heterocycles. The zero-order valence-corrected chi connectivity index (χ0v) is 11.5. The van der Waals surface area contributed by atoms with Gasteiger partial charge in [-0.05, 0) is 42.7 Å². The van der Waals surface area contributed by atoms with Crippen molar-refractivity contribution in [3.8, 4) is 0 Å². The predicted molar refractivity (Wildman–Crippen MR) is 78.8 cm³/mol. The molecule has 2 atom stereocenters. The molecule has 2 aromatic rings. The van der Waals surface area contributed by atoms with Gasteiger partial charge in [-0.25, -0.2) is 9.97 Å². The van der Waals surface area contributed by atoms with E-state index in [1.165, 1.54) is 30.4 Å². The van der Waals surface area contributed by atoms with Crippen LogP contribution in [-0.2, 0) is 6.42 Å². The van der Waals surface area contributed by atoms with Gasteiger partial charge in [0.25, 0.3) is 0 Å². The number of aryl methyl sites for hydroxylation is 1. The first-order valence-corrected chi connectivity index (χ1v) is 7.17. The number of hydrazine groups is 1. The lowest BCUT2D eigenvalue weighted by Gasteiger charge is -2.28. The molecular weight excluding hydrogens is 248 g/mol. The Labute approximate surface area is 119 Å². The van der Waals surface area contributed by atoms with Crippen LogP contribution in [0.2, 0.25) is 0 Å². The molecule has 104 valence electrons. The molecule has 0 spiro atoms. The van der Waals surface area contributed by atoms with Crippen molar-refractivity contribution in [2.24, 2.45) is 5.84 Å². The zero-order chi connectivity index (χ0) is 13.8. The second-order valence-corrected chi connectivity index (χ2v) is 5.41. The molecule has 1 aliphatic carbocycles. The molecule has 0 radical (unpaired) electrons. The molecule has 0 aliphatic heterocycles. The minimum Gasteiger partial charge on any atom is -0.271 e. The Balaban J connectivity index is 1.81. The van der Waals surface area contributed by atoms with E-state index in [9.17, 15) is 0 Å². The summed E-state index contributed by atoms with van der Waals surface area (Å²) >= 11 is 0. The molecule has 1 aromatic carbocycles. The summed E-state index contributed by atoms with van der Waals surface area (Å²) in [6.45, 7) is 0. The molecule has 2 unspecified atom stereocenters. The van der Waals surface area contributed by atoms with Crippen molar-refractivity contribution < 1.29 is 0 Å². The fraction of sp³-hybridized carbons (Fsp3) is 0.375. The zero-order valence-electron chi connectivity index (χ0n) is 11.5. The van der Waals surface area contributed by atoms with E-state index >= 15 is 0 Å². The Kier molecular flexibility index (Phi) is 4.04. The second-order valence-electron chi connectivity index (χ2n) is 5.41. The summed E-state index contributed by atoms with van der Waals surface area (Å²) in [5.41, 5.74) is 6.94. The minimum atomic E-state index is 0.104. The van der Waals surface area contributed by atoms with Crippen molar-refractivity contribution in [1.82, 2.24) is 15.4 Å². The van der Waals surface area contributed by atoms with Gasteiger partial charge in [0, 0.05) is 24.0 Å². The van der Waals surface area contributed by atoms with E-state index in [0.29, 0.717) is 5.92 Å². The van der Waals surface area contributed by atoms with Crippen LogP contribution in [0.3, 0.4) is 0 Å². The van der Waals surface area contributed by atoms with Gasteiger partial charge in [-0.2, -0.15) is 0 Å². The smallest absolute Gasteiger partial charge is 0.115 e. The Morgan fingerprint density at radius 2 is 2.05 bits per heavy atom. The normalized spacial score (nSPS) is 19.4. The quantitative estimate of drug-likeness (QED) is 0.660. The second kappa shape index (κ2) is 6.11. The summed E-state index contributed by atoms with van der Waals surface area (Å²) < 4.78 is 0. The van der Waals surface area contributed by atoms with Crippen LogP contribution in [0.1, 0.15) is 47.9 Å². The fourth-order valence-corrected chi connectivity index (χ4v) is 3.17. The van der Waals surface area contributed by atoms with Gasteiger partial charge in [0.2, 0.25) is 0 Å². The van der Waals surface area contributed by atoms with Gasteiger partial charge < -0.3 is 0 Å². The Morgan fingerprint density at radius 1 is 1.25 bits per heavy atom. The highest BCUT2D eigenvalue weighted by molar-refractivity contribution is 5.33. The van der Waals surface area contributed by atoms with Crippen molar-refractivity contribution >= 4 is 0 Å². The molecule has 3 rings (SSSR count). The molecule has 3 N–H and O–H groups in total. The number of nitrogens with one attached hydrogen (secondary N) is 1. The van der Waals surface area contributed by atoms with Gasteiger partial charge in [0.05, 0.1) is 0 Å². The van der Waals surface area contributed by atoms with Crippen LogP contribution in [0.4, 0.5) is 0 Å². The molecule has 1 heterocycles. The summed E-state index contributed by atoms with van der Waals surface area (Å²) in [6.07, 6.45) is 9.89. The fourth-order valence-electron chi connectivity index (χ4n) is 3.17. The van der Waals surface area contributed by atoms with Crippen LogP contribution in [0.25, 0.3) is 0 Å². The average molecular weight is 268 g/mol. The highest BCUT2D eigenvalue weighted by Gasteiger charge is 2.23. The lowest BCUT2D eigenvalue weighted by molar-refractivity contribution is 0.424. The van der Waals surface area contributed by atoms with Gasteiger partial charge >= 0.3 is 0 Å². The number of hydrogen-bond donors (Lipinski definition) is 2. The third-order valence-electron chi connectivity index (χ3n) is 4.20. The summed E-state index contributed by atoms with van der Waals surface area (Å²) in [6, 6.07) is 8.87. The van der Waals surface area contributed by atoms with Gasteiger partial charge in [-0.15, -0.1) is 0 Å². The van der Waals surface area contributed by atoms with Crippen LogP contribution < -0.4 is 11.3 Å². The first-order valence-electron chi connectivity index (χ1n) is 7.17. The lowest BCUT2D eigenvalue weighted by atomic mass is 9.79. The maximum atomic E-state index is 5.74. The Morgan fingerprint density at radius 3 is 2.85 bits per heavy atom. The van der Waals surface area contributed by atoms with Gasteiger partial charge in [-0.1, -0.05) is 24.3 Å². The van der Waals surface area contributed by atoms with E-state index in [-0.39, 0.29) is 6.04 Å². The third-order valence-corrected chi connectivity index (χ3v) is 4.20. The Bertz CT molecular complexity index is 555. The van der Waals surface area contributed by atoms with Crippen LogP contribution in [-0.4, -0.2) is 9.97 Å². The third kappa shape index (κ3) is 2.71. The first kappa shape index (κ1) is 13.2. The van der Waals surface area contributed by atoms with Crippen molar-refractivity contribution in [1.29, 1.82) is 0 Å². The SMILES string of the molecule is NNC(CC1CCCc2ccccc21)c1cncnc1. The number of fused-ring (bicyclic) bond motifs is 1. The van der Waals surface area contributed by atoms with E-state index in [1.807, 2.05) is 12.4 Å². The van der Waals surface area contributed by atoms with Crippen LogP contribution in [0.15, 0.2) is 43.0 Å². The lowest BCUT2D eigenvalue weighted by Crippen LogP contribution is -2.30. The van der Waals surface area contributed by atoms with E-state index in [4.69, 9.17) is 5.84 Å². The molecule has 0 bridgehead atoms. The number of nitrogens with two attached hydrogens (primary N) is 1. The number of benzene rings is 1. The standard InChI is InChI=1S/C16H20N4/c17-20-16(14-9-18-11-19-10-14)8-13-6-3-5-12-4-1-2-7-15(12)13/h1-2,4,7,9-11,13,16,20H,3,5-6,8,17H2. The van der Waals surface area contributed by atoms with Crippen molar-refractivity contribution in [2.75, 3.05) is 0 Å². The largest absolute Gasteiger partial charge is 0.271 e. The van der Waals surface area contributed by atoms with Crippen LogP contribution in [0, 0.1) is 0 Å². The van der Waals surface area contributed by atoms with E-state index in [0.717, 1.165) is 12.0 Å². The summed E-state index contributed by atoms with van der Waals surface area (Å²) in [5, 5.41) is 0. The molecule has 4 nitrogen and oxygen atoms in total. The highest BCUT2D eigenvalue weighted by Crippen LogP contribution is 2.37. The topological polar surface area (TPSA) is 63.8 Å².